The van der Waals surface area contributed by atoms with Crippen LogP contribution in [0, 0.1) is 5.92 Å². The fraction of sp³-hybridized carbons (Fsp3) is 0.600. The van der Waals surface area contributed by atoms with Crippen molar-refractivity contribution in [2.24, 2.45) is 5.92 Å². The summed E-state index contributed by atoms with van der Waals surface area (Å²) in [6.07, 6.45) is 2.67. The number of halogens is 1. The van der Waals surface area contributed by atoms with Gasteiger partial charge in [0.2, 0.25) is 0 Å². The van der Waals surface area contributed by atoms with Crippen LogP contribution in [0.1, 0.15) is 25.3 Å². The molecule has 0 radical (unpaired) electrons. The van der Waals surface area contributed by atoms with Gasteiger partial charge in [-0.05, 0) is 50.0 Å². The lowest BCUT2D eigenvalue weighted by Gasteiger charge is -2.29. The Labute approximate surface area is 115 Å². The van der Waals surface area contributed by atoms with Gasteiger partial charge in [-0.25, -0.2) is 0 Å². The van der Waals surface area contributed by atoms with Crippen molar-refractivity contribution >= 4 is 11.6 Å². The van der Waals surface area contributed by atoms with Gasteiger partial charge in [-0.1, -0.05) is 36.7 Å². The Kier molecular flexibility index (Phi) is 5.48. The molecule has 0 saturated carbocycles. The summed E-state index contributed by atoms with van der Waals surface area (Å²) in [4.78, 5) is 2.50. The van der Waals surface area contributed by atoms with Crippen molar-refractivity contribution in [2.75, 3.05) is 26.2 Å². The summed E-state index contributed by atoms with van der Waals surface area (Å²) in [5, 5.41) is 4.37. The third-order valence-electron chi connectivity index (χ3n) is 3.71. The van der Waals surface area contributed by atoms with Crippen molar-refractivity contribution in [3.05, 3.63) is 34.9 Å². The van der Waals surface area contributed by atoms with Crippen LogP contribution in [0.25, 0.3) is 0 Å². The molecule has 2 rings (SSSR count). The van der Waals surface area contributed by atoms with Crippen LogP contribution < -0.4 is 5.32 Å². The van der Waals surface area contributed by atoms with Gasteiger partial charge in [-0.2, -0.15) is 0 Å². The summed E-state index contributed by atoms with van der Waals surface area (Å²) >= 11 is 6.23. The Morgan fingerprint density at radius 1 is 1.39 bits per heavy atom. The minimum absolute atomic E-state index is 0.793. The van der Waals surface area contributed by atoms with Gasteiger partial charge >= 0.3 is 0 Å². The second kappa shape index (κ2) is 7.13. The van der Waals surface area contributed by atoms with Gasteiger partial charge < -0.3 is 5.32 Å². The maximum absolute atomic E-state index is 6.23. The number of hydrogen-bond acceptors (Lipinski definition) is 2. The quantitative estimate of drug-likeness (QED) is 0.881. The van der Waals surface area contributed by atoms with E-state index in [2.05, 4.69) is 29.3 Å². The summed E-state index contributed by atoms with van der Waals surface area (Å²) in [6.45, 7) is 7.81. The maximum atomic E-state index is 6.23. The molecule has 18 heavy (non-hydrogen) atoms. The van der Waals surface area contributed by atoms with Crippen LogP contribution in [0.5, 0.6) is 0 Å². The van der Waals surface area contributed by atoms with Crippen molar-refractivity contribution in [1.82, 2.24) is 10.2 Å². The lowest BCUT2D eigenvalue weighted by Crippen LogP contribution is -2.38. The summed E-state index contributed by atoms with van der Waals surface area (Å²) in [5.41, 5.74) is 1.24. The molecule has 0 spiro atoms. The second-order valence-corrected chi connectivity index (χ2v) is 5.54. The van der Waals surface area contributed by atoms with Crippen molar-refractivity contribution < 1.29 is 0 Å². The molecule has 3 heteroatoms. The molecule has 0 aliphatic carbocycles. The minimum atomic E-state index is 0.793. The Bertz CT molecular complexity index is 361. The summed E-state index contributed by atoms with van der Waals surface area (Å²) in [5.74, 6) is 0.793. The van der Waals surface area contributed by atoms with Crippen LogP contribution >= 0.6 is 11.6 Å². The van der Waals surface area contributed by atoms with Crippen molar-refractivity contribution in [1.29, 1.82) is 0 Å². The van der Waals surface area contributed by atoms with Crippen LogP contribution in [0.2, 0.25) is 5.02 Å². The number of rotatable bonds is 5. The fourth-order valence-electron chi connectivity index (χ4n) is 2.62. The van der Waals surface area contributed by atoms with Gasteiger partial charge in [-0.15, -0.1) is 0 Å². The van der Waals surface area contributed by atoms with Gasteiger partial charge in [0.25, 0.3) is 0 Å². The molecule has 1 fully saturated rings. The second-order valence-electron chi connectivity index (χ2n) is 5.13. The zero-order chi connectivity index (χ0) is 12.8. The predicted octanol–water partition coefficient (Wildman–Crippen LogP) is 3.16. The molecule has 1 heterocycles. The largest absolute Gasteiger partial charge is 0.316 e. The first-order valence-corrected chi connectivity index (χ1v) is 7.34. The predicted molar refractivity (Wildman–Crippen MR) is 78.0 cm³/mol. The van der Waals surface area contributed by atoms with E-state index in [0.29, 0.717) is 0 Å². The van der Waals surface area contributed by atoms with Crippen LogP contribution in [-0.2, 0) is 6.54 Å². The summed E-state index contributed by atoms with van der Waals surface area (Å²) in [6, 6.07) is 8.17. The molecule has 0 aromatic heterocycles. The molecule has 100 valence electrons. The Hall–Kier alpha value is -0.570. The number of benzene rings is 1. The lowest BCUT2D eigenvalue weighted by molar-refractivity contribution is 0.210. The van der Waals surface area contributed by atoms with Gasteiger partial charge in [0.05, 0.1) is 0 Å². The maximum Gasteiger partial charge on any atom is 0.0451 e. The van der Waals surface area contributed by atoms with E-state index in [1.54, 1.807) is 0 Å². The number of hydrogen-bond donors (Lipinski definition) is 1. The van der Waals surface area contributed by atoms with Gasteiger partial charge in [0.15, 0.2) is 0 Å². The first-order chi connectivity index (χ1) is 8.79. The highest BCUT2D eigenvalue weighted by atomic mass is 35.5. The SMILES string of the molecule is CCN(Cc1ccccc1Cl)CC1CCCNC1. The van der Waals surface area contributed by atoms with E-state index < -0.39 is 0 Å². The van der Waals surface area contributed by atoms with E-state index in [0.717, 1.165) is 24.0 Å². The van der Waals surface area contributed by atoms with E-state index in [4.69, 9.17) is 11.6 Å². The van der Waals surface area contributed by atoms with Crippen LogP contribution in [-0.4, -0.2) is 31.1 Å². The number of nitrogens with zero attached hydrogens (tertiary/aromatic N) is 1. The summed E-state index contributed by atoms with van der Waals surface area (Å²) < 4.78 is 0. The normalized spacial score (nSPS) is 20.3. The highest BCUT2D eigenvalue weighted by molar-refractivity contribution is 6.31. The lowest BCUT2D eigenvalue weighted by atomic mass is 9.99. The topological polar surface area (TPSA) is 15.3 Å². The molecular weight excluding hydrogens is 244 g/mol. The number of piperidine rings is 1. The first-order valence-electron chi connectivity index (χ1n) is 6.96. The smallest absolute Gasteiger partial charge is 0.0451 e. The molecule has 1 aromatic carbocycles. The van der Waals surface area contributed by atoms with E-state index in [9.17, 15) is 0 Å². The fourth-order valence-corrected chi connectivity index (χ4v) is 2.81. The number of nitrogens with one attached hydrogen (secondary N) is 1. The minimum Gasteiger partial charge on any atom is -0.316 e. The van der Waals surface area contributed by atoms with E-state index in [1.165, 1.54) is 38.0 Å². The zero-order valence-electron chi connectivity index (χ0n) is 11.2. The average Bonchev–Trinajstić information content (AvgIpc) is 2.41. The molecule has 1 atom stereocenters. The molecule has 1 aliphatic rings. The first kappa shape index (κ1) is 13.9. The Morgan fingerprint density at radius 3 is 2.89 bits per heavy atom. The average molecular weight is 267 g/mol. The molecule has 1 saturated heterocycles. The van der Waals surface area contributed by atoms with Crippen LogP contribution in [0.3, 0.4) is 0 Å². The monoisotopic (exact) mass is 266 g/mol. The molecule has 2 nitrogen and oxygen atoms in total. The van der Waals surface area contributed by atoms with Crippen molar-refractivity contribution in [3.8, 4) is 0 Å². The third kappa shape index (κ3) is 3.98. The van der Waals surface area contributed by atoms with Crippen LogP contribution in [0.15, 0.2) is 24.3 Å². The third-order valence-corrected chi connectivity index (χ3v) is 4.08. The standard InChI is InChI=1S/C15H23ClN2/c1-2-18(11-13-6-5-9-17-10-13)12-14-7-3-4-8-15(14)16/h3-4,7-8,13,17H,2,5-6,9-12H2,1H3. The van der Waals surface area contributed by atoms with E-state index >= 15 is 0 Å². The van der Waals surface area contributed by atoms with Gasteiger partial charge in [-0.3, -0.25) is 4.90 Å². The summed E-state index contributed by atoms with van der Waals surface area (Å²) in [7, 11) is 0. The molecular formula is C15H23ClN2. The van der Waals surface area contributed by atoms with Gasteiger partial charge in [0.1, 0.15) is 0 Å². The Balaban J connectivity index is 1.90. The Morgan fingerprint density at radius 2 is 2.22 bits per heavy atom. The highest BCUT2D eigenvalue weighted by Gasteiger charge is 2.16. The highest BCUT2D eigenvalue weighted by Crippen LogP contribution is 2.19. The van der Waals surface area contributed by atoms with Crippen LogP contribution in [0.4, 0.5) is 0 Å². The van der Waals surface area contributed by atoms with Crippen molar-refractivity contribution in [2.45, 2.75) is 26.3 Å². The molecule has 1 aliphatic heterocycles. The molecule has 1 aromatic rings. The van der Waals surface area contributed by atoms with E-state index in [1.807, 2.05) is 12.1 Å². The molecule has 1 unspecified atom stereocenters. The van der Waals surface area contributed by atoms with Crippen molar-refractivity contribution in [3.63, 3.8) is 0 Å². The molecule has 1 N–H and O–H groups in total. The van der Waals surface area contributed by atoms with Gasteiger partial charge in [0, 0.05) is 18.1 Å². The van der Waals surface area contributed by atoms with E-state index in [-0.39, 0.29) is 0 Å². The zero-order valence-corrected chi connectivity index (χ0v) is 11.9. The molecule has 0 bridgehead atoms. The molecule has 0 amide bonds.